The topological polar surface area (TPSA) is 29.1 Å². The van der Waals surface area contributed by atoms with E-state index in [2.05, 4.69) is 34.3 Å². The monoisotopic (exact) mass is 331 g/mol. The molecule has 3 rings (SSSR count). The molecule has 1 fully saturated rings. The molecule has 1 heterocycles. The van der Waals surface area contributed by atoms with E-state index in [1.807, 2.05) is 23.9 Å². The molecule has 1 aliphatic carbocycles. The summed E-state index contributed by atoms with van der Waals surface area (Å²) < 4.78 is 0. The Kier molecular flexibility index (Phi) is 5.57. The summed E-state index contributed by atoms with van der Waals surface area (Å²) in [6.45, 7) is 0.607. The average molecular weight is 332 g/mol. The molecule has 4 heteroatoms. The maximum absolute atomic E-state index is 12.0. The van der Waals surface area contributed by atoms with E-state index < -0.39 is 0 Å². The minimum Gasteiger partial charge on any atom is -0.351 e. The molecule has 0 bridgehead atoms. The highest BCUT2D eigenvalue weighted by Gasteiger charge is 2.16. The summed E-state index contributed by atoms with van der Waals surface area (Å²) in [7, 11) is 0. The van der Waals surface area contributed by atoms with Crippen molar-refractivity contribution in [3.05, 3.63) is 46.7 Å². The molecule has 0 atom stereocenters. The number of thiophene rings is 1. The van der Waals surface area contributed by atoms with Crippen LogP contribution in [0.2, 0.25) is 0 Å². The highest BCUT2D eigenvalue weighted by atomic mass is 32.2. The molecule has 0 spiro atoms. The fourth-order valence-corrected chi connectivity index (χ4v) is 4.68. The second-order valence-electron chi connectivity index (χ2n) is 5.66. The molecule has 0 saturated heterocycles. The van der Waals surface area contributed by atoms with E-state index in [1.54, 1.807) is 11.3 Å². The van der Waals surface area contributed by atoms with Crippen LogP contribution in [-0.2, 0) is 11.3 Å². The molecule has 1 amide bonds. The van der Waals surface area contributed by atoms with Crippen molar-refractivity contribution in [3.63, 3.8) is 0 Å². The molecule has 1 aromatic heterocycles. The molecule has 1 aliphatic rings. The number of carbonyl (C=O) groups is 1. The summed E-state index contributed by atoms with van der Waals surface area (Å²) in [6.07, 6.45) is 5.21. The van der Waals surface area contributed by atoms with Crippen molar-refractivity contribution in [1.82, 2.24) is 5.32 Å². The van der Waals surface area contributed by atoms with Gasteiger partial charge in [-0.2, -0.15) is 11.3 Å². The number of carbonyl (C=O) groups excluding carboxylic acids is 1. The number of hydrogen-bond acceptors (Lipinski definition) is 3. The zero-order valence-electron chi connectivity index (χ0n) is 12.6. The van der Waals surface area contributed by atoms with Gasteiger partial charge in [0.2, 0.25) is 5.91 Å². The molecule has 1 saturated carbocycles. The lowest BCUT2D eigenvalue weighted by atomic mass is 10.0. The smallest absolute Gasteiger partial charge is 0.230 e. The van der Waals surface area contributed by atoms with Crippen LogP contribution in [0, 0.1) is 0 Å². The molecule has 0 aliphatic heterocycles. The minimum atomic E-state index is 0.150. The van der Waals surface area contributed by atoms with Gasteiger partial charge in [0.15, 0.2) is 0 Å². The van der Waals surface area contributed by atoms with Gasteiger partial charge in [0.1, 0.15) is 0 Å². The van der Waals surface area contributed by atoms with Crippen LogP contribution in [0.1, 0.15) is 31.2 Å². The van der Waals surface area contributed by atoms with Crippen LogP contribution in [0.5, 0.6) is 0 Å². The Morgan fingerprint density at radius 3 is 2.82 bits per heavy atom. The van der Waals surface area contributed by atoms with Gasteiger partial charge < -0.3 is 5.32 Å². The lowest BCUT2D eigenvalue weighted by Gasteiger charge is -2.11. The predicted octanol–water partition coefficient (Wildman–Crippen LogP) is 4.71. The fraction of sp³-hybridized carbons (Fsp3) is 0.389. The molecule has 22 heavy (non-hydrogen) atoms. The van der Waals surface area contributed by atoms with Crippen LogP contribution in [0.4, 0.5) is 0 Å². The largest absolute Gasteiger partial charge is 0.351 e. The van der Waals surface area contributed by atoms with Gasteiger partial charge in [-0.25, -0.2) is 0 Å². The van der Waals surface area contributed by atoms with Crippen molar-refractivity contribution in [3.8, 4) is 11.1 Å². The Bertz CT molecular complexity index is 603. The summed E-state index contributed by atoms with van der Waals surface area (Å²) in [5.74, 6) is 0.739. The number of rotatable bonds is 6. The van der Waals surface area contributed by atoms with Gasteiger partial charge in [-0.15, -0.1) is 11.8 Å². The lowest BCUT2D eigenvalue weighted by molar-refractivity contribution is -0.118. The van der Waals surface area contributed by atoms with E-state index in [-0.39, 0.29) is 5.91 Å². The van der Waals surface area contributed by atoms with Crippen LogP contribution in [0.3, 0.4) is 0 Å². The van der Waals surface area contributed by atoms with Gasteiger partial charge in [-0.1, -0.05) is 37.1 Å². The summed E-state index contributed by atoms with van der Waals surface area (Å²) in [5, 5.41) is 8.00. The molecule has 116 valence electrons. The van der Waals surface area contributed by atoms with Crippen molar-refractivity contribution < 1.29 is 4.79 Å². The Morgan fingerprint density at radius 2 is 2.05 bits per heavy atom. The van der Waals surface area contributed by atoms with E-state index in [0.717, 1.165) is 0 Å². The van der Waals surface area contributed by atoms with Crippen LogP contribution >= 0.6 is 23.1 Å². The van der Waals surface area contributed by atoms with Crippen molar-refractivity contribution in [1.29, 1.82) is 0 Å². The van der Waals surface area contributed by atoms with Gasteiger partial charge in [-0.3, -0.25) is 4.79 Å². The van der Waals surface area contributed by atoms with Gasteiger partial charge in [-0.05, 0) is 46.4 Å². The first-order valence-electron chi connectivity index (χ1n) is 7.82. The van der Waals surface area contributed by atoms with E-state index in [9.17, 15) is 4.79 Å². The van der Waals surface area contributed by atoms with Crippen LogP contribution < -0.4 is 5.32 Å². The molecular weight excluding hydrogens is 310 g/mol. The van der Waals surface area contributed by atoms with Crippen LogP contribution in [0.15, 0.2) is 41.1 Å². The molecular formula is C18H21NOS2. The molecule has 1 N–H and O–H groups in total. The third-order valence-corrected chi connectivity index (χ3v) is 6.13. The summed E-state index contributed by atoms with van der Waals surface area (Å²) in [5.41, 5.74) is 3.63. The third kappa shape index (κ3) is 4.14. The van der Waals surface area contributed by atoms with Gasteiger partial charge in [0.25, 0.3) is 0 Å². The quantitative estimate of drug-likeness (QED) is 0.831. The first kappa shape index (κ1) is 15.6. The van der Waals surface area contributed by atoms with Crippen molar-refractivity contribution in [2.75, 3.05) is 5.75 Å². The third-order valence-electron chi connectivity index (χ3n) is 4.08. The van der Waals surface area contributed by atoms with Gasteiger partial charge in [0.05, 0.1) is 5.75 Å². The van der Waals surface area contributed by atoms with Crippen molar-refractivity contribution >= 4 is 29.0 Å². The Balaban J connectivity index is 1.54. The normalized spacial score (nSPS) is 15.1. The maximum atomic E-state index is 12.0. The van der Waals surface area contributed by atoms with E-state index in [0.29, 0.717) is 17.5 Å². The number of hydrogen-bond donors (Lipinski definition) is 1. The standard InChI is InChI=1S/C18H21NOS2/c20-18(13-22-16-6-2-3-7-16)19-11-14-5-1-4-8-17(14)15-9-10-21-12-15/h1,4-5,8-10,12,16H,2-3,6-7,11,13H2,(H,19,20). The number of amides is 1. The van der Waals surface area contributed by atoms with Crippen molar-refractivity contribution in [2.45, 2.75) is 37.5 Å². The Labute approximate surface area is 140 Å². The number of thioether (sulfide) groups is 1. The SMILES string of the molecule is O=C(CSC1CCCC1)NCc1ccccc1-c1ccsc1. The minimum absolute atomic E-state index is 0.150. The molecule has 2 nitrogen and oxygen atoms in total. The van der Waals surface area contributed by atoms with E-state index >= 15 is 0 Å². The molecule has 0 radical (unpaired) electrons. The lowest BCUT2D eigenvalue weighted by Crippen LogP contribution is -2.25. The predicted molar refractivity (Wildman–Crippen MR) is 96.3 cm³/mol. The summed E-state index contributed by atoms with van der Waals surface area (Å²) in [4.78, 5) is 12.0. The highest BCUT2D eigenvalue weighted by molar-refractivity contribution is 8.00. The van der Waals surface area contributed by atoms with Crippen molar-refractivity contribution in [2.24, 2.45) is 0 Å². The first-order valence-corrected chi connectivity index (χ1v) is 9.81. The molecule has 1 aromatic carbocycles. The molecule has 0 unspecified atom stereocenters. The summed E-state index contributed by atoms with van der Waals surface area (Å²) >= 11 is 3.52. The number of benzene rings is 1. The average Bonchev–Trinajstić information content (AvgIpc) is 3.24. The first-order chi connectivity index (χ1) is 10.8. The summed E-state index contributed by atoms with van der Waals surface area (Å²) in [6, 6.07) is 10.4. The zero-order valence-corrected chi connectivity index (χ0v) is 14.2. The second-order valence-corrected chi connectivity index (χ2v) is 7.73. The maximum Gasteiger partial charge on any atom is 0.230 e. The van der Waals surface area contributed by atoms with Gasteiger partial charge in [0, 0.05) is 11.8 Å². The Morgan fingerprint density at radius 1 is 1.23 bits per heavy atom. The van der Waals surface area contributed by atoms with Crippen LogP contribution in [0.25, 0.3) is 11.1 Å². The molecule has 2 aromatic rings. The highest BCUT2D eigenvalue weighted by Crippen LogP contribution is 2.29. The fourth-order valence-electron chi connectivity index (χ4n) is 2.87. The van der Waals surface area contributed by atoms with Crippen LogP contribution in [-0.4, -0.2) is 16.9 Å². The second kappa shape index (κ2) is 7.84. The van der Waals surface area contributed by atoms with E-state index in [1.165, 1.54) is 42.4 Å². The van der Waals surface area contributed by atoms with Gasteiger partial charge >= 0.3 is 0 Å². The zero-order chi connectivity index (χ0) is 15.2. The van der Waals surface area contributed by atoms with E-state index in [4.69, 9.17) is 0 Å². The Hall–Kier alpha value is -1.26. The number of nitrogens with one attached hydrogen (secondary N) is 1.